The van der Waals surface area contributed by atoms with Crippen molar-refractivity contribution in [1.82, 2.24) is 14.5 Å². The molecule has 2 heterocycles. The number of primary sulfonamides is 1. The first-order chi connectivity index (χ1) is 13.2. The third-order valence-corrected chi connectivity index (χ3v) is 7.42. The lowest BCUT2D eigenvalue weighted by Crippen LogP contribution is -2.31. The Balaban J connectivity index is 1.86. The van der Waals surface area contributed by atoms with Crippen molar-refractivity contribution in [1.29, 1.82) is 0 Å². The van der Waals surface area contributed by atoms with E-state index in [-0.39, 0.29) is 28.8 Å². The first-order valence-electron chi connectivity index (χ1n) is 8.21. The quantitative estimate of drug-likeness (QED) is 0.563. The first-order valence-corrected chi connectivity index (χ1v) is 12.1. The normalized spacial score (nSPS) is 12.5. The predicted molar refractivity (Wildman–Crippen MR) is 103 cm³/mol. The number of aromatic nitrogens is 2. The molecule has 9 nitrogen and oxygen atoms in total. The maximum absolute atomic E-state index is 13.0. The molecule has 150 valence electrons. The number of benzene rings is 1. The molecule has 0 fully saturated rings. The van der Waals surface area contributed by atoms with Gasteiger partial charge < -0.3 is 4.42 Å². The summed E-state index contributed by atoms with van der Waals surface area (Å²) in [5.41, 5.74) is 0. The van der Waals surface area contributed by atoms with Crippen LogP contribution in [0.3, 0.4) is 0 Å². The fraction of sp³-hybridized carbons (Fsp3) is 0.250. The summed E-state index contributed by atoms with van der Waals surface area (Å²) < 4.78 is 55.5. The zero-order valence-corrected chi connectivity index (χ0v) is 17.3. The molecule has 0 amide bonds. The molecule has 28 heavy (non-hydrogen) atoms. The van der Waals surface area contributed by atoms with E-state index >= 15 is 0 Å². The number of rotatable bonds is 8. The topological polar surface area (TPSA) is 136 Å². The van der Waals surface area contributed by atoms with Crippen LogP contribution >= 0.6 is 11.3 Å². The largest absolute Gasteiger partial charge is 0.418 e. The molecule has 0 unspecified atom stereocenters. The predicted octanol–water partition coefficient (Wildman–Crippen LogP) is 2.05. The molecule has 0 bridgehead atoms. The van der Waals surface area contributed by atoms with Crippen LogP contribution in [0.4, 0.5) is 0 Å². The highest BCUT2D eigenvalue weighted by atomic mass is 32.2. The highest BCUT2D eigenvalue weighted by Crippen LogP contribution is 2.25. The molecule has 0 aliphatic carbocycles. The van der Waals surface area contributed by atoms with Crippen LogP contribution in [-0.2, 0) is 26.6 Å². The molecule has 3 aromatic rings. The molecule has 0 aliphatic heterocycles. The average Bonchev–Trinajstić information content (AvgIpc) is 3.32. The van der Waals surface area contributed by atoms with E-state index in [1.165, 1.54) is 27.8 Å². The zero-order chi connectivity index (χ0) is 20.4. The Morgan fingerprint density at radius 1 is 1.07 bits per heavy atom. The summed E-state index contributed by atoms with van der Waals surface area (Å²) >= 11 is 1.44. The Labute approximate surface area is 166 Å². The van der Waals surface area contributed by atoms with Gasteiger partial charge in [0.1, 0.15) is 0 Å². The van der Waals surface area contributed by atoms with Crippen molar-refractivity contribution in [2.75, 3.05) is 6.54 Å². The molecule has 2 aromatic heterocycles. The van der Waals surface area contributed by atoms with Gasteiger partial charge in [0.05, 0.1) is 21.2 Å². The van der Waals surface area contributed by atoms with E-state index in [0.717, 1.165) is 17.0 Å². The van der Waals surface area contributed by atoms with Crippen LogP contribution < -0.4 is 5.14 Å². The van der Waals surface area contributed by atoms with Crippen molar-refractivity contribution in [2.45, 2.75) is 29.7 Å². The number of nitrogens with zero attached hydrogens (tertiary/aromatic N) is 3. The minimum absolute atomic E-state index is 0.0497. The van der Waals surface area contributed by atoms with E-state index in [1.54, 1.807) is 0 Å². The van der Waals surface area contributed by atoms with Crippen molar-refractivity contribution >= 4 is 31.4 Å². The number of thiophene rings is 1. The zero-order valence-electron chi connectivity index (χ0n) is 14.8. The molecule has 2 N–H and O–H groups in total. The summed E-state index contributed by atoms with van der Waals surface area (Å²) in [6.07, 6.45) is 0.570. The number of nitrogens with two attached hydrogens (primary N) is 1. The lowest BCUT2D eigenvalue weighted by atomic mass is 10.4. The Kier molecular flexibility index (Phi) is 5.95. The second kappa shape index (κ2) is 8.09. The van der Waals surface area contributed by atoms with E-state index in [9.17, 15) is 16.8 Å². The van der Waals surface area contributed by atoms with Crippen molar-refractivity contribution in [3.05, 3.63) is 47.7 Å². The van der Waals surface area contributed by atoms with Gasteiger partial charge in [-0.15, -0.1) is 21.5 Å². The summed E-state index contributed by atoms with van der Waals surface area (Å²) in [5.74, 6) is 0.498. The summed E-state index contributed by atoms with van der Waals surface area (Å²) in [5, 5.41) is 14.8. The summed E-state index contributed by atoms with van der Waals surface area (Å²) in [7, 11) is -7.80. The van der Waals surface area contributed by atoms with Gasteiger partial charge in [0.2, 0.25) is 25.9 Å². The minimum Gasteiger partial charge on any atom is -0.418 e. The van der Waals surface area contributed by atoms with Crippen LogP contribution in [0.25, 0.3) is 10.8 Å². The molecular weight excluding hydrogens is 424 g/mol. The van der Waals surface area contributed by atoms with E-state index in [0.29, 0.717) is 12.3 Å². The van der Waals surface area contributed by atoms with Gasteiger partial charge in [0, 0.05) is 6.54 Å². The average molecular weight is 443 g/mol. The number of sulfonamides is 2. The van der Waals surface area contributed by atoms with Crippen LogP contribution in [0.5, 0.6) is 0 Å². The van der Waals surface area contributed by atoms with Crippen molar-refractivity contribution in [3.8, 4) is 10.8 Å². The molecule has 3 rings (SSSR count). The van der Waals surface area contributed by atoms with Gasteiger partial charge in [-0.2, -0.15) is 4.31 Å². The van der Waals surface area contributed by atoms with Gasteiger partial charge in [0.15, 0.2) is 0 Å². The van der Waals surface area contributed by atoms with E-state index in [4.69, 9.17) is 9.56 Å². The third-order valence-electron chi connectivity index (χ3n) is 3.77. The van der Waals surface area contributed by atoms with Crippen LogP contribution in [0.15, 0.2) is 56.0 Å². The number of hydrogen-bond donors (Lipinski definition) is 1. The molecule has 0 atom stereocenters. The molecule has 1 aromatic carbocycles. The van der Waals surface area contributed by atoms with Crippen LogP contribution in [0.1, 0.15) is 19.2 Å². The third kappa shape index (κ3) is 4.47. The Morgan fingerprint density at radius 3 is 2.32 bits per heavy atom. The van der Waals surface area contributed by atoms with E-state index in [1.807, 2.05) is 24.4 Å². The molecule has 0 radical (unpaired) electrons. The second-order valence-corrected chi connectivity index (χ2v) is 10.3. The standard InChI is InChI=1S/C16H18N4O5S3/c1-2-9-20(11-15-18-19-16(25-15)14-4-3-10-26-14)28(23,24)13-7-5-12(6-8-13)27(17,21)22/h3-8,10H,2,9,11H2,1H3,(H2,17,21,22). The smallest absolute Gasteiger partial charge is 0.257 e. The van der Waals surface area contributed by atoms with Crippen molar-refractivity contribution in [2.24, 2.45) is 5.14 Å². The fourth-order valence-corrected chi connectivity index (χ4v) is 5.09. The second-order valence-electron chi connectivity index (χ2n) is 5.83. The lowest BCUT2D eigenvalue weighted by Gasteiger charge is -2.20. The van der Waals surface area contributed by atoms with E-state index in [2.05, 4.69) is 10.2 Å². The van der Waals surface area contributed by atoms with Crippen LogP contribution in [-0.4, -0.2) is 37.9 Å². The Bertz CT molecular complexity index is 1140. The van der Waals surface area contributed by atoms with Gasteiger partial charge in [0.25, 0.3) is 5.89 Å². The first kappa shape index (κ1) is 20.6. The van der Waals surface area contributed by atoms with Gasteiger partial charge in [-0.25, -0.2) is 22.0 Å². The summed E-state index contributed by atoms with van der Waals surface area (Å²) in [6.45, 7) is 1.99. The Hall–Kier alpha value is -2.12. The lowest BCUT2D eigenvalue weighted by molar-refractivity contribution is 0.357. The highest BCUT2D eigenvalue weighted by Gasteiger charge is 2.26. The van der Waals surface area contributed by atoms with Crippen LogP contribution in [0, 0.1) is 0 Å². The van der Waals surface area contributed by atoms with Gasteiger partial charge in [-0.1, -0.05) is 13.0 Å². The molecule has 0 saturated heterocycles. The number of hydrogen-bond acceptors (Lipinski definition) is 8. The monoisotopic (exact) mass is 442 g/mol. The minimum atomic E-state index is -3.90. The molecule has 12 heteroatoms. The summed E-state index contributed by atoms with van der Waals surface area (Å²) in [4.78, 5) is 0.583. The highest BCUT2D eigenvalue weighted by molar-refractivity contribution is 7.89. The molecular formula is C16H18N4O5S3. The maximum Gasteiger partial charge on any atom is 0.257 e. The maximum atomic E-state index is 13.0. The molecule has 0 spiro atoms. The summed E-state index contributed by atoms with van der Waals surface area (Å²) in [6, 6.07) is 8.42. The molecule has 0 saturated carbocycles. The van der Waals surface area contributed by atoms with Gasteiger partial charge in [-0.05, 0) is 42.1 Å². The molecule has 0 aliphatic rings. The van der Waals surface area contributed by atoms with Gasteiger partial charge in [-0.3, -0.25) is 0 Å². The SMILES string of the molecule is CCCN(Cc1nnc(-c2cccs2)o1)S(=O)(=O)c1ccc(S(N)(=O)=O)cc1. The Morgan fingerprint density at radius 2 is 1.75 bits per heavy atom. The van der Waals surface area contributed by atoms with Gasteiger partial charge >= 0.3 is 0 Å². The van der Waals surface area contributed by atoms with Crippen molar-refractivity contribution < 1.29 is 21.3 Å². The van der Waals surface area contributed by atoms with E-state index < -0.39 is 20.0 Å². The van der Waals surface area contributed by atoms with Crippen molar-refractivity contribution in [3.63, 3.8) is 0 Å². The fourth-order valence-electron chi connectivity index (χ4n) is 2.45. The van der Waals surface area contributed by atoms with Crippen LogP contribution in [0.2, 0.25) is 0 Å².